The van der Waals surface area contributed by atoms with Crippen LogP contribution < -0.4 is 16.8 Å². The molecule has 5 unspecified atom stereocenters. The van der Waals surface area contributed by atoms with E-state index in [1.165, 1.54) is 12.8 Å². The van der Waals surface area contributed by atoms with Crippen molar-refractivity contribution in [2.45, 2.75) is 127 Å². The van der Waals surface area contributed by atoms with Crippen molar-refractivity contribution in [3.8, 4) is 0 Å². The van der Waals surface area contributed by atoms with Crippen molar-refractivity contribution in [1.82, 2.24) is 20.0 Å². The minimum absolute atomic E-state index is 0.0364. The molecule has 2 saturated heterocycles. The number of nitrogens with two attached hydrogens (primary N) is 2. The number of methoxy groups -OCH3 is 1. The van der Waals surface area contributed by atoms with Crippen molar-refractivity contribution in [3.63, 3.8) is 0 Å². The molecule has 6 atom stereocenters. The van der Waals surface area contributed by atoms with Crippen molar-refractivity contribution in [3.05, 3.63) is 11.9 Å². The second kappa shape index (κ2) is 16.4. The van der Waals surface area contributed by atoms with Gasteiger partial charge in [0.05, 0.1) is 41.3 Å². The van der Waals surface area contributed by atoms with E-state index in [0.29, 0.717) is 12.1 Å². The van der Waals surface area contributed by atoms with Crippen LogP contribution in [0.1, 0.15) is 91.4 Å². The molecule has 4 heterocycles. The van der Waals surface area contributed by atoms with Crippen molar-refractivity contribution >= 4 is 23.7 Å². The van der Waals surface area contributed by atoms with Crippen LogP contribution in [0.3, 0.4) is 0 Å². The summed E-state index contributed by atoms with van der Waals surface area (Å²) in [5, 5.41) is 3.24. The SMILES string of the molecule is CCCCCN1C=C(NC(=O)C(C(N)N)C2C[C@](C)(CC)CCC(Cl)/C=N\2)C(N2CCC(N3CCC(OC)C3)CC2)CC1. The van der Waals surface area contributed by atoms with E-state index >= 15 is 0 Å². The number of amides is 1. The highest BCUT2D eigenvalue weighted by molar-refractivity contribution is 6.28. The fraction of sp³-hybridized carbons (Fsp3) is 0.879. The molecule has 4 aliphatic rings. The molecule has 10 heteroatoms. The van der Waals surface area contributed by atoms with Gasteiger partial charge in [0.1, 0.15) is 0 Å². The molecule has 0 aromatic carbocycles. The van der Waals surface area contributed by atoms with Gasteiger partial charge in [-0.25, -0.2) is 0 Å². The molecular formula is C33H60ClN7O2. The average Bonchev–Trinajstić information content (AvgIpc) is 3.48. The summed E-state index contributed by atoms with van der Waals surface area (Å²) in [5.41, 5.74) is 13.8. The number of carbonyl (C=O) groups is 1. The van der Waals surface area contributed by atoms with Crippen LogP contribution in [0.2, 0.25) is 0 Å². The lowest BCUT2D eigenvalue weighted by atomic mass is 9.73. The maximum absolute atomic E-state index is 14.1. The summed E-state index contributed by atoms with van der Waals surface area (Å²) in [5.74, 6) is -0.748. The fourth-order valence-electron chi connectivity index (χ4n) is 7.66. The van der Waals surface area contributed by atoms with E-state index in [9.17, 15) is 4.79 Å². The summed E-state index contributed by atoms with van der Waals surface area (Å²) in [6, 6.07) is 0.492. The molecule has 4 rings (SSSR count). The van der Waals surface area contributed by atoms with Gasteiger partial charge < -0.3 is 26.4 Å². The number of nitrogens with zero attached hydrogens (tertiary/aromatic N) is 4. The van der Waals surface area contributed by atoms with Crippen LogP contribution >= 0.6 is 11.6 Å². The molecule has 4 aliphatic heterocycles. The number of piperidine rings is 1. The Labute approximate surface area is 266 Å². The number of hydrogen-bond donors (Lipinski definition) is 3. The Kier molecular flexibility index (Phi) is 13.2. The molecule has 0 saturated carbocycles. The Morgan fingerprint density at radius 3 is 2.51 bits per heavy atom. The normalized spacial score (nSPS) is 33.2. The monoisotopic (exact) mass is 621 g/mol. The number of ether oxygens (including phenoxy) is 1. The number of rotatable bonds is 12. The summed E-state index contributed by atoms with van der Waals surface area (Å²) in [7, 11) is 1.83. The van der Waals surface area contributed by atoms with E-state index < -0.39 is 12.1 Å². The molecule has 0 aromatic heterocycles. The van der Waals surface area contributed by atoms with Crippen LogP contribution in [0.15, 0.2) is 16.9 Å². The number of hydrogen-bond acceptors (Lipinski definition) is 8. The molecule has 0 bridgehead atoms. The largest absolute Gasteiger partial charge is 0.380 e. The topological polar surface area (TPSA) is 112 Å². The first-order chi connectivity index (χ1) is 20.7. The molecule has 0 aliphatic carbocycles. The van der Waals surface area contributed by atoms with Gasteiger partial charge in [-0.1, -0.05) is 40.0 Å². The third kappa shape index (κ3) is 9.39. The van der Waals surface area contributed by atoms with E-state index in [4.69, 9.17) is 32.8 Å². The van der Waals surface area contributed by atoms with Crippen LogP contribution in [-0.4, -0.2) is 109 Å². The number of halogens is 1. The molecule has 0 spiro atoms. The van der Waals surface area contributed by atoms with E-state index in [0.717, 1.165) is 103 Å². The van der Waals surface area contributed by atoms with Crippen molar-refractivity contribution < 1.29 is 9.53 Å². The van der Waals surface area contributed by atoms with Gasteiger partial charge in [-0.15, -0.1) is 11.6 Å². The van der Waals surface area contributed by atoms with E-state index in [1.54, 1.807) is 0 Å². The lowest BCUT2D eigenvalue weighted by Crippen LogP contribution is -2.56. The van der Waals surface area contributed by atoms with Gasteiger partial charge in [0.15, 0.2) is 0 Å². The summed E-state index contributed by atoms with van der Waals surface area (Å²) in [6.07, 6.45) is 15.2. The number of likely N-dealkylation sites (tertiary alicyclic amines) is 2. The van der Waals surface area contributed by atoms with Gasteiger partial charge >= 0.3 is 0 Å². The highest BCUT2D eigenvalue weighted by atomic mass is 35.5. The van der Waals surface area contributed by atoms with Crippen LogP contribution in [0.25, 0.3) is 0 Å². The zero-order chi connectivity index (χ0) is 31.0. The van der Waals surface area contributed by atoms with Crippen LogP contribution in [0.5, 0.6) is 0 Å². The zero-order valence-electron chi connectivity index (χ0n) is 27.4. The Hall–Kier alpha value is -1.23. The molecule has 0 radical (unpaired) electrons. The highest BCUT2D eigenvalue weighted by Crippen LogP contribution is 2.38. The number of alkyl halides is 1. The number of unbranched alkanes of at least 4 members (excludes halogenated alkanes) is 2. The summed E-state index contributed by atoms with van der Waals surface area (Å²) >= 11 is 6.56. The Morgan fingerprint density at radius 1 is 1.12 bits per heavy atom. The second-order valence-electron chi connectivity index (χ2n) is 13.9. The summed E-state index contributed by atoms with van der Waals surface area (Å²) in [6.45, 7) is 13.0. The first-order valence-electron chi connectivity index (χ1n) is 17.1. The van der Waals surface area contributed by atoms with Gasteiger partial charge in [-0.05, 0) is 56.8 Å². The Balaban J connectivity index is 1.49. The van der Waals surface area contributed by atoms with Crippen molar-refractivity contribution in [2.24, 2.45) is 27.8 Å². The smallest absolute Gasteiger partial charge is 0.232 e. The Morgan fingerprint density at radius 2 is 1.86 bits per heavy atom. The molecule has 0 aromatic rings. The number of nitrogens with one attached hydrogen (secondary N) is 1. The minimum atomic E-state index is -0.813. The maximum Gasteiger partial charge on any atom is 0.232 e. The van der Waals surface area contributed by atoms with Gasteiger partial charge in [0, 0.05) is 64.8 Å². The minimum Gasteiger partial charge on any atom is -0.380 e. The predicted molar refractivity (Wildman–Crippen MR) is 177 cm³/mol. The fourth-order valence-corrected chi connectivity index (χ4v) is 7.84. The molecular weight excluding hydrogens is 562 g/mol. The van der Waals surface area contributed by atoms with Gasteiger partial charge in [0.2, 0.25) is 5.91 Å². The standard InChI is InChI=1S/C33H60ClN7O2/c1-5-7-8-15-39-16-13-29(40-17-10-25(11-18-40)41-19-12-26(22-41)43-4)28(23-39)38-32(42)30(31(35)36)27-20-33(3,6-2)14-9-24(34)21-37-27/h21,23-27,29-31H,5-20,22,35-36H2,1-4H3,(H,38,42)/b37-21-/t24?,26?,27?,29?,30?,33-/m1/s1. The second-order valence-corrected chi connectivity index (χ2v) is 14.5. The first-order valence-corrected chi connectivity index (χ1v) is 17.6. The van der Waals surface area contributed by atoms with Crippen molar-refractivity contribution in [1.29, 1.82) is 0 Å². The van der Waals surface area contributed by atoms with Gasteiger partial charge in [-0.3, -0.25) is 19.6 Å². The highest BCUT2D eigenvalue weighted by Gasteiger charge is 2.40. The van der Waals surface area contributed by atoms with Crippen LogP contribution in [0, 0.1) is 11.3 Å². The molecule has 43 heavy (non-hydrogen) atoms. The quantitative estimate of drug-likeness (QED) is 0.172. The van der Waals surface area contributed by atoms with E-state index in [-0.39, 0.29) is 28.8 Å². The first kappa shape index (κ1) is 34.6. The van der Waals surface area contributed by atoms with Crippen LogP contribution in [-0.2, 0) is 9.53 Å². The maximum atomic E-state index is 14.1. The molecule has 2 fully saturated rings. The predicted octanol–water partition coefficient (Wildman–Crippen LogP) is 3.90. The van der Waals surface area contributed by atoms with Crippen LogP contribution in [0.4, 0.5) is 0 Å². The third-order valence-electron chi connectivity index (χ3n) is 10.8. The molecule has 246 valence electrons. The zero-order valence-corrected chi connectivity index (χ0v) is 28.1. The lowest BCUT2D eigenvalue weighted by molar-refractivity contribution is -0.126. The van der Waals surface area contributed by atoms with E-state index in [2.05, 4.69) is 47.0 Å². The van der Waals surface area contributed by atoms with Gasteiger partial charge in [-0.2, -0.15) is 0 Å². The average molecular weight is 622 g/mol. The Bertz CT molecular complexity index is 940. The lowest BCUT2D eigenvalue weighted by Gasteiger charge is -2.44. The summed E-state index contributed by atoms with van der Waals surface area (Å²) in [4.78, 5) is 26.6. The summed E-state index contributed by atoms with van der Waals surface area (Å²) < 4.78 is 5.62. The molecule has 5 N–H and O–H groups in total. The third-order valence-corrected chi connectivity index (χ3v) is 11.1. The van der Waals surface area contributed by atoms with E-state index in [1.807, 2.05) is 13.3 Å². The molecule has 9 nitrogen and oxygen atoms in total. The van der Waals surface area contributed by atoms with Crippen molar-refractivity contribution in [2.75, 3.05) is 46.4 Å². The number of carbonyl (C=O) groups excluding carboxylic acids is 1. The molecule has 1 amide bonds. The van der Waals surface area contributed by atoms with Gasteiger partial charge in [0.25, 0.3) is 0 Å². The number of aliphatic imine (C=N–C) groups is 1.